The van der Waals surface area contributed by atoms with Crippen LogP contribution in [-0.2, 0) is 0 Å². The molecule has 22 heavy (non-hydrogen) atoms. The first kappa shape index (κ1) is 16.7. The number of hydrogen-bond acceptors (Lipinski definition) is 6. The molecule has 1 heterocycles. The van der Waals surface area contributed by atoms with E-state index in [4.69, 9.17) is 5.11 Å². The Morgan fingerprint density at radius 3 is 2.82 bits per heavy atom. The third kappa shape index (κ3) is 5.63. The van der Waals surface area contributed by atoms with E-state index >= 15 is 0 Å². The van der Waals surface area contributed by atoms with Crippen molar-refractivity contribution in [2.45, 2.75) is 6.42 Å². The summed E-state index contributed by atoms with van der Waals surface area (Å²) in [6.45, 7) is 0.786. The van der Waals surface area contributed by atoms with Gasteiger partial charge >= 0.3 is 6.03 Å². The minimum atomic E-state index is -0.279. The summed E-state index contributed by atoms with van der Waals surface area (Å²) in [5.41, 5.74) is 0.980. The van der Waals surface area contributed by atoms with E-state index < -0.39 is 0 Å². The van der Waals surface area contributed by atoms with E-state index in [9.17, 15) is 4.79 Å². The fraction of sp³-hybridized carbons (Fsp3) is 0.357. The summed E-state index contributed by atoms with van der Waals surface area (Å²) in [6, 6.07) is 9.44. The number of aliphatic hydroxyl groups is 1. The van der Waals surface area contributed by atoms with Crippen LogP contribution in [0, 0.1) is 0 Å². The van der Waals surface area contributed by atoms with Gasteiger partial charge in [0.2, 0.25) is 5.13 Å². The molecule has 0 saturated carbocycles. The Bertz CT molecular complexity index is 577. The molecule has 2 rings (SSSR count). The van der Waals surface area contributed by atoms with Crippen molar-refractivity contribution in [2.75, 3.05) is 30.0 Å². The highest BCUT2D eigenvalue weighted by atomic mass is 32.2. The fourth-order valence-corrected chi connectivity index (χ4v) is 3.15. The van der Waals surface area contributed by atoms with Gasteiger partial charge in [-0.2, -0.15) is 11.8 Å². The third-order valence-corrected chi connectivity index (χ3v) is 4.60. The van der Waals surface area contributed by atoms with Crippen LogP contribution in [0.4, 0.5) is 9.93 Å². The normalized spacial score (nSPS) is 10.4. The van der Waals surface area contributed by atoms with Gasteiger partial charge in [-0.3, -0.25) is 5.32 Å². The molecule has 0 unspecified atom stereocenters. The quantitative estimate of drug-likeness (QED) is 0.644. The van der Waals surface area contributed by atoms with Crippen molar-refractivity contribution in [1.29, 1.82) is 0 Å². The maximum Gasteiger partial charge on any atom is 0.321 e. The van der Waals surface area contributed by atoms with Gasteiger partial charge in [0, 0.05) is 24.5 Å². The van der Waals surface area contributed by atoms with Crippen LogP contribution in [0.1, 0.15) is 6.42 Å². The van der Waals surface area contributed by atoms with Crippen LogP contribution in [0.5, 0.6) is 0 Å². The molecule has 0 fully saturated rings. The summed E-state index contributed by atoms with van der Waals surface area (Å²) >= 11 is 3.04. The summed E-state index contributed by atoms with van der Waals surface area (Å²) in [6.07, 6.45) is 0.782. The van der Waals surface area contributed by atoms with Gasteiger partial charge < -0.3 is 10.4 Å². The summed E-state index contributed by atoms with van der Waals surface area (Å²) in [5.74, 6) is 1.72. The first-order valence-electron chi connectivity index (χ1n) is 6.92. The van der Waals surface area contributed by atoms with Crippen LogP contribution in [0.15, 0.2) is 30.3 Å². The molecule has 6 nitrogen and oxygen atoms in total. The number of carbonyl (C=O) groups excluding carboxylic acids is 1. The lowest BCUT2D eigenvalue weighted by Crippen LogP contribution is -2.30. The molecule has 0 aliphatic carbocycles. The average Bonchev–Trinajstić information content (AvgIpc) is 3.00. The second kappa shape index (κ2) is 9.39. The molecule has 0 saturated heterocycles. The highest BCUT2D eigenvalue weighted by Gasteiger charge is 2.08. The lowest BCUT2D eigenvalue weighted by molar-refractivity contribution is 0.252. The van der Waals surface area contributed by atoms with Crippen LogP contribution < -0.4 is 10.6 Å². The number of nitrogens with zero attached hydrogens (tertiary/aromatic N) is 2. The summed E-state index contributed by atoms with van der Waals surface area (Å²) in [4.78, 5) is 11.7. The molecule has 3 N–H and O–H groups in total. The van der Waals surface area contributed by atoms with E-state index in [2.05, 4.69) is 20.8 Å². The van der Waals surface area contributed by atoms with Crippen molar-refractivity contribution in [3.8, 4) is 10.6 Å². The number of amides is 2. The number of nitrogens with one attached hydrogen (secondary N) is 2. The van der Waals surface area contributed by atoms with Gasteiger partial charge in [0.15, 0.2) is 0 Å². The third-order valence-electron chi connectivity index (χ3n) is 2.64. The Morgan fingerprint density at radius 1 is 1.23 bits per heavy atom. The molecule has 0 bridgehead atoms. The maximum atomic E-state index is 11.7. The number of rotatable bonds is 8. The predicted molar refractivity (Wildman–Crippen MR) is 91.4 cm³/mol. The first-order valence-corrected chi connectivity index (χ1v) is 8.89. The number of anilines is 1. The van der Waals surface area contributed by atoms with Crippen molar-refractivity contribution < 1.29 is 9.90 Å². The standard InChI is InChI=1S/C14H18N4O2S2/c19-8-4-9-21-10-7-15-13(20)16-14-18-17-12(22-14)11-5-2-1-3-6-11/h1-3,5-6,19H,4,7-10H2,(H2,15,16,18,20). The van der Waals surface area contributed by atoms with Crippen LogP contribution in [0.3, 0.4) is 0 Å². The monoisotopic (exact) mass is 338 g/mol. The predicted octanol–water partition coefficient (Wildman–Crippen LogP) is 2.44. The highest BCUT2D eigenvalue weighted by molar-refractivity contribution is 7.99. The lowest BCUT2D eigenvalue weighted by atomic mass is 10.2. The van der Waals surface area contributed by atoms with Gasteiger partial charge in [-0.05, 0) is 12.2 Å². The highest BCUT2D eigenvalue weighted by Crippen LogP contribution is 2.25. The summed E-state index contributed by atoms with van der Waals surface area (Å²) in [7, 11) is 0. The minimum absolute atomic E-state index is 0.210. The number of aliphatic hydroxyl groups excluding tert-OH is 1. The SMILES string of the molecule is O=C(NCCSCCCO)Nc1nnc(-c2ccccc2)s1. The molecule has 0 radical (unpaired) electrons. The van der Waals surface area contributed by atoms with E-state index in [0.717, 1.165) is 28.5 Å². The van der Waals surface area contributed by atoms with Gasteiger partial charge in [0.05, 0.1) is 0 Å². The second-order valence-electron chi connectivity index (χ2n) is 4.35. The van der Waals surface area contributed by atoms with Crippen molar-refractivity contribution in [3.63, 3.8) is 0 Å². The van der Waals surface area contributed by atoms with Crippen LogP contribution in [0.2, 0.25) is 0 Å². The minimum Gasteiger partial charge on any atom is -0.396 e. The Balaban J connectivity index is 1.72. The molecule has 0 aliphatic heterocycles. The molecule has 118 valence electrons. The molecule has 1 aromatic carbocycles. The number of carbonyl (C=O) groups is 1. The molecule has 2 aromatic rings. The van der Waals surface area contributed by atoms with Crippen molar-refractivity contribution in [3.05, 3.63) is 30.3 Å². The van der Waals surface area contributed by atoms with E-state index in [1.807, 2.05) is 30.3 Å². The molecule has 8 heteroatoms. The zero-order valence-corrected chi connectivity index (χ0v) is 13.6. The molecular formula is C14H18N4O2S2. The van der Waals surface area contributed by atoms with E-state index in [-0.39, 0.29) is 12.6 Å². The molecule has 0 atom stereocenters. The van der Waals surface area contributed by atoms with Crippen molar-refractivity contribution in [2.24, 2.45) is 0 Å². The van der Waals surface area contributed by atoms with Gasteiger partial charge in [-0.25, -0.2) is 4.79 Å². The fourth-order valence-electron chi connectivity index (χ4n) is 1.62. The lowest BCUT2D eigenvalue weighted by Gasteiger charge is -2.04. The van der Waals surface area contributed by atoms with Gasteiger partial charge in [0.25, 0.3) is 0 Å². The number of urea groups is 1. The zero-order chi connectivity index (χ0) is 15.6. The smallest absolute Gasteiger partial charge is 0.321 e. The number of hydrogen-bond donors (Lipinski definition) is 3. The van der Waals surface area contributed by atoms with E-state index in [1.165, 1.54) is 11.3 Å². The van der Waals surface area contributed by atoms with Crippen LogP contribution in [0.25, 0.3) is 10.6 Å². The van der Waals surface area contributed by atoms with Crippen LogP contribution >= 0.6 is 23.1 Å². The van der Waals surface area contributed by atoms with Gasteiger partial charge in [0.1, 0.15) is 5.01 Å². The Labute approximate surface area is 137 Å². The van der Waals surface area contributed by atoms with E-state index in [0.29, 0.717) is 11.7 Å². The zero-order valence-electron chi connectivity index (χ0n) is 12.0. The Hall–Kier alpha value is -1.64. The number of thioether (sulfide) groups is 1. The average molecular weight is 338 g/mol. The Kier molecular flexibility index (Phi) is 7.14. The second-order valence-corrected chi connectivity index (χ2v) is 6.55. The summed E-state index contributed by atoms with van der Waals surface area (Å²) < 4.78 is 0. The number of benzene rings is 1. The molecule has 0 spiro atoms. The Morgan fingerprint density at radius 2 is 2.05 bits per heavy atom. The van der Waals surface area contributed by atoms with Crippen LogP contribution in [-0.4, -0.2) is 46.0 Å². The topological polar surface area (TPSA) is 87.1 Å². The number of aromatic nitrogens is 2. The summed E-state index contributed by atoms with van der Waals surface area (Å²) in [5, 5.41) is 23.4. The molecular weight excluding hydrogens is 320 g/mol. The molecule has 1 aromatic heterocycles. The maximum absolute atomic E-state index is 11.7. The first-order chi connectivity index (χ1) is 10.8. The van der Waals surface area contributed by atoms with Crippen molar-refractivity contribution in [1.82, 2.24) is 15.5 Å². The molecule has 2 amide bonds. The van der Waals surface area contributed by atoms with Crippen molar-refractivity contribution >= 4 is 34.3 Å². The van der Waals surface area contributed by atoms with E-state index in [1.54, 1.807) is 11.8 Å². The van der Waals surface area contributed by atoms with Gasteiger partial charge in [-0.15, -0.1) is 10.2 Å². The van der Waals surface area contributed by atoms with Gasteiger partial charge in [-0.1, -0.05) is 41.7 Å². The largest absolute Gasteiger partial charge is 0.396 e. The molecule has 0 aliphatic rings.